The van der Waals surface area contributed by atoms with Crippen molar-refractivity contribution in [3.05, 3.63) is 128 Å². The van der Waals surface area contributed by atoms with E-state index in [1.807, 2.05) is 35.7 Å². The molecule has 0 bridgehead atoms. The highest BCUT2D eigenvalue weighted by Gasteiger charge is 2.25. The zero-order valence-corrected chi connectivity index (χ0v) is 23.1. The monoisotopic (exact) mass is 555 g/mol. The highest BCUT2D eigenvalue weighted by molar-refractivity contribution is 7.26. The molecule has 0 spiro atoms. The fraction of sp³-hybridized carbons (Fsp3) is 0. The van der Waals surface area contributed by atoms with Gasteiger partial charge in [0.15, 0.2) is 5.58 Å². The van der Waals surface area contributed by atoms with Gasteiger partial charge in [-0.05, 0) is 42.5 Å². The van der Waals surface area contributed by atoms with Crippen LogP contribution in [0.25, 0.3) is 86.5 Å². The molecule has 5 heteroatoms. The van der Waals surface area contributed by atoms with Gasteiger partial charge in [-0.25, -0.2) is 4.98 Å². The van der Waals surface area contributed by atoms with Gasteiger partial charge >= 0.3 is 0 Å². The van der Waals surface area contributed by atoms with E-state index in [0.717, 1.165) is 39.1 Å². The molecule has 0 N–H and O–H groups in total. The second-order valence-corrected chi connectivity index (χ2v) is 11.9. The van der Waals surface area contributed by atoms with Crippen molar-refractivity contribution in [1.29, 1.82) is 0 Å². The third kappa shape index (κ3) is 2.88. The van der Waals surface area contributed by atoms with Crippen LogP contribution < -0.4 is 0 Å². The van der Waals surface area contributed by atoms with Gasteiger partial charge < -0.3 is 13.4 Å². The number of hydrogen-bond donors (Lipinski definition) is 0. The molecule has 10 aromatic rings. The largest absolute Gasteiger partial charge is 0.455 e. The minimum atomic E-state index is 0.921. The zero-order valence-electron chi connectivity index (χ0n) is 22.3. The molecule has 5 heterocycles. The first kappa shape index (κ1) is 22.3. The molecule has 5 aromatic carbocycles. The van der Waals surface area contributed by atoms with Crippen molar-refractivity contribution in [2.75, 3.05) is 0 Å². The molecule has 0 saturated heterocycles. The van der Waals surface area contributed by atoms with E-state index in [2.05, 4.69) is 112 Å². The Morgan fingerprint density at radius 2 is 1.48 bits per heavy atom. The van der Waals surface area contributed by atoms with Gasteiger partial charge in [0.1, 0.15) is 11.2 Å². The molecule has 0 aliphatic carbocycles. The maximum Gasteiger partial charge on any atom is 0.154 e. The maximum atomic E-state index is 6.66. The van der Waals surface area contributed by atoms with Crippen molar-refractivity contribution >= 4 is 80.9 Å². The molecule has 0 atom stereocenters. The Bertz CT molecular complexity index is 2670. The molecule has 0 amide bonds. The maximum absolute atomic E-state index is 6.66. The van der Waals surface area contributed by atoms with Crippen LogP contribution in [0, 0.1) is 0 Å². The lowest BCUT2D eigenvalue weighted by atomic mass is 10.0. The van der Waals surface area contributed by atoms with Gasteiger partial charge in [-0.15, -0.1) is 11.3 Å². The first-order valence-electron chi connectivity index (χ1n) is 14.1. The van der Waals surface area contributed by atoms with Gasteiger partial charge in [0.2, 0.25) is 0 Å². The normalized spacial score (nSPS) is 12.3. The van der Waals surface area contributed by atoms with Crippen molar-refractivity contribution in [2.24, 2.45) is 0 Å². The third-order valence-electron chi connectivity index (χ3n) is 8.52. The highest BCUT2D eigenvalue weighted by Crippen LogP contribution is 2.50. The molecule has 5 aromatic heterocycles. The Labute approximate surface area is 243 Å². The smallest absolute Gasteiger partial charge is 0.154 e. The van der Waals surface area contributed by atoms with Crippen LogP contribution >= 0.6 is 11.3 Å². The van der Waals surface area contributed by atoms with Crippen LogP contribution in [-0.4, -0.2) is 14.0 Å². The molecule has 196 valence electrons. The summed E-state index contributed by atoms with van der Waals surface area (Å²) in [5.41, 5.74) is 8.38. The summed E-state index contributed by atoms with van der Waals surface area (Å²) in [5.74, 6) is 0. The summed E-state index contributed by atoms with van der Waals surface area (Å²) in [4.78, 5) is 4.92. The summed E-state index contributed by atoms with van der Waals surface area (Å²) < 4.78 is 13.6. The highest BCUT2D eigenvalue weighted by atomic mass is 32.1. The van der Waals surface area contributed by atoms with Crippen LogP contribution in [0.4, 0.5) is 0 Å². The number of pyridine rings is 1. The number of benzene rings is 5. The van der Waals surface area contributed by atoms with Crippen LogP contribution in [0.1, 0.15) is 0 Å². The quantitative estimate of drug-likeness (QED) is 0.213. The Kier molecular flexibility index (Phi) is 4.30. The van der Waals surface area contributed by atoms with Crippen molar-refractivity contribution in [2.45, 2.75) is 0 Å². The fourth-order valence-electron chi connectivity index (χ4n) is 6.77. The van der Waals surface area contributed by atoms with Crippen molar-refractivity contribution in [3.8, 4) is 16.9 Å². The van der Waals surface area contributed by atoms with E-state index in [0.29, 0.717) is 0 Å². The lowest BCUT2D eigenvalue weighted by molar-refractivity contribution is 0.673. The lowest BCUT2D eigenvalue weighted by Gasteiger charge is -2.11. The number of nitrogens with zero attached hydrogens (tertiary/aromatic N) is 3. The minimum absolute atomic E-state index is 0.921. The number of furan rings is 1. The molecule has 42 heavy (non-hydrogen) atoms. The van der Waals surface area contributed by atoms with Crippen LogP contribution in [-0.2, 0) is 0 Å². The Morgan fingerprint density at radius 3 is 2.40 bits per heavy atom. The third-order valence-corrected chi connectivity index (χ3v) is 9.69. The van der Waals surface area contributed by atoms with Crippen molar-refractivity contribution in [3.63, 3.8) is 0 Å². The molecule has 0 fully saturated rings. The standard InChI is InChI=1S/C37H21N3OS/c1-4-15-28-24(12-1)32-33-25-13-2-5-16-29(25)41-36(33)37-34(26-14-3-6-17-30(26)42-37)35(32)40(28)23-11-9-10-22(20-23)27-21-39-19-8-7-18-31(39)38-27/h1-21H. The molecule has 0 saturated carbocycles. The molecule has 0 radical (unpaired) electrons. The predicted molar refractivity (Wildman–Crippen MR) is 175 cm³/mol. The van der Waals surface area contributed by atoms with Crippen molar-refractivity contribution < 1.29 is 4.42 Å². The number of imidazole rings is 1. The molecule has 4 nitrogen and oxygen atoms in total. The Morgan fingerprint density at radius 1 is 0.667 bits per heavy atom. The summed E-state index contributed by atoms with van der Waals surface area (Å²) in [5, 5.41) is 7.29. The van der Waals surface area contributed by atoms with Gasteiger partial charge in [-0.3, -0.25) is 0 Å². The van der Waals surface area contributed by atoms with E-state index in [4.69, 9.17) is 9.40 Å². The molecule has 10 rings (SSSR count). The zero-order chi connectivity index (χ0) is 27.4. The van der Waals surface area contributed by atoms with Gasteiger partial charge in [0, 0.05) is 60.7 Å². The SMILES string of the molecule is c1cc(-c2cn3ccccc3n2)cc(-n2c3ccccc3c3c4c5ccccc5oc4c4sc5ccccc5c4c32)c1. The number of para-hydroxylation sites is 2. The number of thiophene rings is 1. The summed E-state index contributed by atoms with van der Waals surface area (Å²) in [6.07, 6.45) is 4.15. The van der Waals surface area contributed by atoms with Crippen molar-refractivity contribution in [1.82, 2.24) is 14.0 Å². The summed E-state index contributed by atoms with van der Waals surface area (Å²) in [7, 11) is 0. The van der Waals surface area contributed by atoms with Crippen LogP contribution in [0.15, 0.2) is 132 Å². The van der Waals surface area contributed by atoms with E-state index in [1.54, 1.807) is 0 Å². The van der Waals surface area contributed by atoms with E-state index in [-0.39, 0.29) is 0 Å². The summed E-state index contributed by atoms with van der Waals surface area (Å²) >= 11 is 1.82. The van der Waals surface area contributed by atoms with E-state index < -0.39 is 0 Å². The van der Waals surface area contributed by atoms with E-state index in [9.17, 15) is 0 Å². The first-order valence-corrected chi connectivity index (χ1v) is 14.9. The number of aromatic nitrogens is 3. The van der Waals surface area contributed by atoms with Gasteiger partial charge in [0.25, 0.3) is 0 Å². The second kappa shape index (κ2) is 8.09. The average molecular weight is 556 g/mol. The van der Waals surface area contributed by atoms with Gasteiger partial charge in [0.05, 0.1) is 21.4 Å². The van der Waals surface area contributed by atoms with Gasteiger partial charge in [-0.2, -0.15) is 0 Å². The number of fused-ring (bicyclic) bond motifs is 13. The number of rotatable bonds is 2. The topological polar surface area (TPSA) is 35.4 Å². The molecule has 0 aliphatic heterocycles. The summed E-state index contributed by atoms with van der Waals surface area (Å²) in [6.45, 7) is 0. The minimum Gasteiger partial charge on any atom is -0.455 e. The fourth-order valence-corrected chi connectivity index (χ4v) is 7.96. The first-order chi connectivity index (χ1) is 20.8. The molecule has 0 unspecified atom stereocenters. The average Bonchev–Trinajstić information content (AvgIpc) is 3.80. The van der Waals surface area contributed by atoms with Crippen LogP contribution in [0.3, 0.4) is 0 Å². The van der Waals surface area contributed by atoms with E-state index >= 15 is 0 Å². The predicted octanol–water partition coefficient (Wildman–Crippen LogP) is 10.4. The lowest BCUT2D eigenvalue weighted by Crippen LogP contribution is -1.95. The molecular weight excluding hydrogens is 534 g/mol. The van der Waals surface area contributed by atoms with E-state index in [1.165, 1.54) is 47.4 Å². The molecule has 0 aliphatic rings. The molecular formula is C37H21N3OS. The Hall–Kier alpha value is -5.39. The Balaban J connectivity index is 1.42. The second-order valence-electron chi connectivity index (χ2n) is 10.8. The number of hydrogen-bond acceptors (Lipinski definition) is 3. The van der Waals surface area contributed by atoms with Crippen LogP contribution in [0.5, 0.6) is 0 Å². The summed E-state index contributed by atoms with van der Waals surface area (Å²) in [6, 6.07) is 40.8. The van der Waals surface area contributed by atoms with Crippen LogP contribution in [0.2, 0.25) is 0 Å². The van der Waals surface area contributed by atoms with Gasteiger partial charge in [-0.1, -0.05) is 72.8 Å².